The Morgan fingerprint density at radius 1 is 1.00 bits per heavy atom. The molecule has 2 rings (SSSR count). The van der Waals surface area contributed by atoms with Gasteiger partial charge in [0.2, 0.25) is 0 Å². The van der Waals surface area contributed by atoms with E-state index in [9.17, 15) is 0 Å². The average Bonchev–Trinajstić information content (AvgIpc) is 2.61. The number of hydrogen-bond acceptors (Lipinski definition) is 4. The van der Waals surface area contributed by atoms with Crippen molar-refractivity contribution in [1.29, 1.82) is 0 Å². The first-order valence-electron chi connectivity index (χ1n) is 7.58. The molecule has 0 bridgehead atoms. The van der Waals surface area contributed by atoms with Gasteiger partial charge >= 0.3 is 0 Å². The highest BCUT2D eigenvalue weighted by Gasteiger charge is 2.04. The van der Waals surface area contributed by atoms with Crippen molar-refractivity contribution in [3.63, 3.8) is 0 Å². The maximum atomic E-state index is 5.92. The summed E-state index contributed by atoms with van der Waals surface area (Å²) in [6, 6.07) is 13.3. The van der Waals surface area contributed by atoms with Gasteiger partial charge in [-0.05, 0) is 36.2 Å². The Morgan fingerprint density at radius 3 is 2.50 bits per heavy atom. The summed E-state index contributed by atoms with van der Waals surface area (Å²) in [4.78, 5) is 4.34. The fourth-order valence-corrected chi connectivity index (χ4v) is 2.23. The molecule has 0 aliphatic heterocycles. The summed E-state index contributed by atoms with van der Waals surface area (Å²) in [5.74, 6) is 2.55. The van der Waals surface area contributed by atoms with Crippen LogP contribution in [-0.4, -0.2) is 33.8 Å². The summed E-state index contributed by atoms with van der Waals surface area (Å²) in [6.07, 6.45) is 0.751. The first-order valence-corrected chi connectivity index (χ1v) is 7.58. The number of nitrogens with two attached hydrogens (primary N) is 1. The Morgan fingerprint density at radius 2 is 1.79 bits per heavy atom. The molecule has 2 aromatic rings. The van der Waals surface area contributed by atoms with Crippen LogP contribution in [0.15, 0.2) is 47.5 Å². The van der Waals surface area contributed by atoms with Gasteiger partial charge in [-0.15, -0.1) is 0 Å². The predicted molar refractivity (Wildman–Crippen MR) is 96.4 cm³/mol. The molecule has 0 aromatic heterocycles. The molecule has 0 unspecified atom stereocenters. The molecule has 0 spiro atoms. The van der Waals surface area contributed by atoms with Crippen LogP contribution < -0.4 is 25.3 Å². The van der Waals surface area contributed by atoms with E-state index in [1.807, 2.05) is 42.5 Å². The summed E-state index contributed by atoms with van der Waals surface area (Å²) in [7, 11) is 4.86. The number of anilines is 1. The van der Waals surface area contributed by atoms with E-state index in [1.165, 1.54) is 0 Å². The van der Waals surface area contributed by atoms with E-state index in [0.717, 1.165) is 23.4 Å². The van der Waals surface area contributed by atoms with Crippen molar-refractivity contribution in [2.45, 2.75) is 6.42 Å². The molecule has 3 N–H and O–H groups in total. The lowest BCUT2D eigenvalue weighted by molar-refractivity contribution is 0.354. The Bertz CT molecular complexity index is 702. The van der Waals surface area contributed by atoms with Gasteiger partial charge in [-0.25, -0.2) is 0 Å². The first kappa shape index (κ1) is 17.5. The lowest BCUT2D eigenvalue weighted by atomic mass is 10.1. The number of rotatable bonds is 7. The normalized spacial score (nSPS) is 11.0. The van der Waals surface area contributed by atoms with Crippen molar-refractivity contribution in [2.24, 2.45) is 10.7 Å². The van der Waals surface area contributed by atoms with Crippen molar-refractivity contribution < 1.29 is 14.2 Å². The van der Waals surface area contributed by atoms with E-state index in [4.69, 9.17) is 19.9 Å². The van der Waals surface area contributed by atoms with Crippen LogP contribution in [0.2, 0.25) is 0 Å². The van der Waals surface area contributed by atoms with E-state index in [-0.39, 0.29) is 0 Å². The monoisotopic (exact) mass is 329 g/mol. The van der Waals surface area contributed by atoms with Crippen LogP contribution in [-0.2, 0) is 6.42 Å². The van der Waals surface area contributed by atoms with Crippen LogP contribution in [0.3, 0.4) is 0 Å². The van der Waals surface area contributed by atoms with Crippen molar-refractivity contribution in [2.75, 3.05) is 33.2 Å². The number of hydrogen-bond donors (Lipinski definition) is 2. The third-order valence-electron chi connectivity index (χ3n) is 3.47. The molecule has 128 valence electrons. The molecule has 0 aliphatic rings. The zero-order chi connectivity index (χ0) is 17.4. The average molecular weight is 329 g/mol. The van der Waals surface area contributed by atoms with Crippen molar-refractivity contribution >= 4 is 11.6 Å². The fourth-order valence-electron chi connectivity index (χ4n) is 2.23. The van der Waals surface area contributed by atoms with E-state index >= 15 is 0 Å². The van der Waals surface area contributed by atoms with Gasteiger partial charge in [0.15, 0.2) is 17.5 Å². The number of ether oxygens (including phenoxy) is 3. The summed E-state index contributed by atoms with van der Waals surface area (Å²) >= 11 is 0. The van der Waals surface area contributed by atoms with Crippen LogP contribution in [0.1, 0.15) is 5.56 Å². The standard InChI is InChI=1S/C18H23N3O3/c1-22-15-6-4-5-14(12-15)21-18(19)20-10-9-13-7-8-16(23-2)17(11-13)24-3/h4-8,11-12H,9-10H2,1-3H3,(H3,19,20,21). The molecule has 2 aromatic carbocycles. The van der Waals surface area contributed by atoms with Crippen molar-refractivity contribution in [1.82, 2.24) is 0 Å². The maximum absolute atomic E-state index is 5.92. The van der Waals surface area contributed by atoms with Gasteiger partial charge < -0.3 is 25.3 Å². The minimum absolute atomic E-state index is 0.365. The number of methoxy groups -OCH3 is 3. The topological polar surface area (TPSA) is 78.1 Å². The molecule has 0 fully saturated rings. The zero-order valence-electron chi connectivity index (χ0n) is 14.2. The molecule has 0 saturated carbocycles. The molecule has 6 heteroatoms. The number of guanidine groups is 1. The van der Waals surface area contributed by atoms with Crippen LogP contribution in [0, 0.1) is 0 Å². The predicted octanol–water partition coefficient (Wildman–Crippen LogP) is 2.68. The highest BCUT2D eigenvalue weighted by Crippen LogP contribution is 2.27. The van der Waals surface area contributed by atoms with Crippen LogP contribution in [0.5, 0.6) is 17.2 Å². The van der Waals surface area contributed by atoms with Gasteiger partial charge in [-0.2, -0.15) is 0 Å². The zero-order valence-corrected chi connectivity index (χ0v) is 14.2. The minimum atomic E-state index is 0.365. The Kier molecular flexibility index (Phi) is 6.31. The van der Waals surface area contributed by atoms with E-state index in [0.29, 0.717) is 24.0 Å². The molecule has 24 heavy (non-hydrogen) atoms. The second-order valence-electron chi connectivity index (χ2n) is 5.06. The number of benzene rings is 2. The third kappa shape index (κ3) is 4.81. The van der Waals surface area contributed by atoms with Crippen LogP contribution in [0.4, 0.5) is 5.69 Å². The van der Waals surface area contributed by atoms with Crippen LogP contribution >= 0.6 is 0 Å². The Balaban J connectivity index is 1.93. The SMILES string of the molecule is COc1cccc(NC(N)=NCCc2ccc(OC)c(OC)c2)c1. The van der Waals surface area contributed by atoms with E-state index in [1.54, 1.807) is 21.3 Å². The largest absolute Gasteiger partial charge is 0.497 e. The first-order chi connectivity index (χ1) is 11.7. The lowest BCUT2D eigenvalue weighted by Gasteiger charge is -2.09. The molecular weight excluding hydrogens is 306 g/mol. The maximum Gasteiger partial charge on any atom is 0.193 e. The van der Waals surface area contributed by atoms with E-state index in [2.05, 4.69) is 10.3 Å². The summed E-state index contributed by atoms with van der Waals surface area (Å²) in [5, 5.41) is 3.05. The second-order valence-corrected chi connectivity index (χ2v) is 5.06. The van der Waals surface area contributed by atoms with Crippen molar-refractivity contribution in [3.05, 3.63) is 48.0 Å². The van der Waals surface area contributed by atoms with Gasteiger partial charge in [0.25, 0.3) is 0 Å². The molecule has 6 nitrogen and oxygen atoms in total. The third-order valence-corrected chi connectivity index (χ3v) is 3.47. The summed E-state index contributed by atoms with van der Waals surface area (Å²) < 4.78 is 15.7. The highest BCUT2D eigenvalue weighted by atomic mass is 16.5. The van der Waals surface area contributed by atoms with Gasteiger partial charge in [0.05, 0.1) is 21.3 Å². The Labute approximate surface area is 142 Å². The smallest absolute Gasteiger partial charge is 0.193 e. The summed E-state index contributed by atoms with van der Waals surface area (Å²) in [5.41, 5.74) is 7.85. The van der Waals surface area contributed by atoms with Crippen LogP contribution in [0.25, 0.3) is 0 Å². The minimum Gasteiger partial charge on any atom is -0.497 e. The molecule has 0 saturated heterocycles. The number of aliphatic imine (C=N–C) groups is 1. The van der Waals surface area contributed by atoms with Gasteiger partial charge in [-0.1, -0.05) is 12.1 Å². The molecule has 0 heterocycles. The molecular formula is C18H23N3O3. The lowest BCUT2D eigenvalue weighted by Crippen LogP contribution is -2.23. The molecule has 0 aliphatic carbocycles. The highest BCUT2D eigenvalue weighted by molar-refractivity contribution is 5.92. The Hall–Kier alpha value is -2.89. The quantitative estimate of drug-likeness (QED) is 0.603. The van der Waals surface area contributed by atoms with Gasteiger partial charge in [0, 0.05) is 18.3 Å². The van der Waals surface area contributed by atoms with E-state index < -0.39 is 0 Å². The summed E-state index contributed by atoms with van der Waals surface area (Å²) in [6.45, 7) is 0.568. The van der Waals surface area contributed by atoms with Crippen molar-refractivity contribution in [3.8, 4) is 17.2 Å². The van der Waals surface area contributed by atoms with Gasteiger partial charge in [-0.3, -0.25) is 4.99 Å². The fraction of sp³-hybridized carbons (Fsp3) is 0.278. The number of nitrogens with one attached hydrogen (secondary N) is 1. The molecule has 0 atom stereocenters. The van der Waals surface area contributed by atoms with Gasteiger partial charge in [0.1, 0.15) is 5.75 Å². The number of nitrogens with zero attached hydrogens (tertiary/aromatic N) is 1. The second kappa shape index (κ2) is 8.67. The molecule has 0 radical (unpaired) electrons. The molecule has 0 amide bonds.